The summed E-state index contributed by atoms with van der Waals surface area (Å²) in [5.41, 5.74) is 2.02. The van der Waals surface area contributed by atoms with E-state index in [1.807, 2.05) is 18.2 Å². The van der Waals surface area contributed by atoms with Gasteiger partial charge in [-0.15, -0.1) is 0 Å². The van der Waals surface area contributed by atoms with E-state index < -0.39 is 0 Å². The van der Waals surface area contributed by atoms with Crippen LogP contribution in [-0.4, -0.2) is 11.3 Å². The molecule has 2 rings (SSSR count). The number of phenolic OH excluding ortho intramolecular Hbond substituents is 1. The van der Waals surface area contributed by atoms with Gasteiger partial charge >= 0.3 is 0 Å². The van der Waals surface area contributed by atoms with Crippen LogP contribution in [0.15, 0.2) is 53.5 Å². The number of phenols is 1. The first kappa shape index (κ1) is 10.9. The van der Waals surface area contributed by atoms with Crippen molar-refractivity contribution < 1.29 is 5.11 Å². The highest BCUT2D eigenvalue weighted by molar-refractivity contribution is 5.82. The molecule has 82 valence electrons. The number of hydrogen-bond acceptors (Lipinski definition) is 3. The second kappa shape index (κ2) is 4.95. The summed E-state index contributed by atoms with van der Waals surface area (Å²) in [5.74, 6) is 0.150. The molecule has 0 aromatic heterocycles. The minimum Gasteiger partial charge on any atom is -0.506 e. The van der Waals surface area contributed by atoms with Gasteiger partial charge < -0.3 is 5.11 Å². The van der Waals surface area contributed by atoms with Crippen LogP contribution in [0.4, 0.5) is 5.69 Å². The lowest BCUT2D eigenvalue weighted by Gasteiger charge is -1.97. The molecule has 2 aromatic carbocycles. The van der Waals surface area contributed by atoms with Gasteiger partial charge in [-0.05, 0) is 29.8 Å². The molecule has 0 aliphatic carbocycles. The third-order valence-corrected chi connectivity index (χ3v) is 2.27. The van der Waals surface area contributed by atoms with Gasteiger partial charge in [-0.25, -0.2) is 0 Å². The highest BCUT2D eigenvalue weighted by Gasteiger charge is 1.95. The Bertz CT molecular complexity index is 580. The molecule has 0 atom stereocenters. The molecule has 0 heterocycles. The van der Waals surface area contributed by atoms with Crippen molar-refractivity contribution in [2.45, 2.75) is 0 Å². The van der Waals surface area contributed by atoms with Crippen molar-refractivity contribution in [3.8, 4) is 11.8 Å². The first-order chi connectivity index (χ1) is 8.29. The predicted molar refractivity (Wildman–Crippen MR) is 66.5 cm³/mol. The van der Waals surface area contributed by atoms with Crippen LogP contribution in [0, 0.1) is 11.3 Å². The van der Waals surface area contributed by atoms with Gasteiger partial charge in [-0.1, -0.05) is 24.3 Å². The molecule has 17 heavy (non-hydrogen) atoms. The topological polar surface area (TPSA) is 56.4 Å². The van der Waals surface area contributed by atoms with Crippen molar-refractivity contribution in [2.24, 2.45) is 4.99 Å². The van der Waals surface area contributed by atoms with E-state index in [0.717, 1.165) is 5.56 Å². The molecule has 0 spiro atoms. The average molecular weight is 222 g/mol. The van der Waals surface area contributed by atoms with Crippen LogP contribution in [0.3, 0.4) is 0 Å². The Balaban J connectivity index is 2.21. The molecule has 2 aromatic rings. The van der Waals surface area contributed by atoms with Gasteiger partial charge in [0.15, 0.2) is 0 Å². The van der Waals surface area contributed by atoms with Gasteiger partial charge in [0.2, 0.25) is 0 Å². The number of aliphatic imine (C=N–C) groups is 1. The minimum atomic E-state index is 0.150. The molecular formula is C14H10N2O. The highest BCUT2D eigenvalue weighted by Crippen LogP contribution is 2.24. The van der Waals surface area contributed by atoms with Crippen LogP contribution in [0.25, 0.3) is 0 Å². The lowest BCUT2D eigenvalue weighted by Crippen LogP contribution is -1.81. The SMILES string of the molecule is N#Cc1ccc(C=Nc2ccccc2O)cc1. The van der Waals surface area contributed by atoms with E-state index in [0.29, 0.717) is 11.3 Å². The van der Waals surface area contributed by atoms with Crippen LogP contribution < -0.4 is 0 Å². The molecule has 0 amide bonds. The number of nitrogens with zero attached hydrogens (tertiary/aromatic N) is 2. The van der Waals surface area contributed by atoms with E-state index in [1.165, 1.54) is 0 Å². The van der Waals surface area contributed by atoms with E-state index in [4.69, 9.17) is 5.26 Å². The molecule has 0 aliphatic heterocycles. The van der Waals surface area contributed by atoms with E-state index in [9.17, 15) is 5.11 Å². The Morgan fingerprint density at radius 1 is 1.06 bits per heavy atom. The summed E-state index contributed by atoms with van der Waals surface area (Å²) in [6.07, 6.45) is 1.65. The van der Waals surface area contributed by atoms with Crippen molar-refractivity contribution >= 4 is 11.9 Å². The average Bonchev–Trinajstić information content (AvgIpc) is 2.38. The van der Waals surface area contributed by atoms with Gasteiger partial charge in [0.05, 0.1) is 11.6 Å². The van der Waals surface area contributed by atoms with Crippen LogP contribution in [0.1, 0.15) is 11.1 Å². The van der Waals surface area contributed by atoms with Crippen LogP contribution in [0.5, 0.6) is 5.75 Å². The zero-order valence-electron chi connectivity index (χ0n) is 9.04. The normalized spacial score (nSPS) is 10.3. The Morgan fingerprint density at radius 3 is 2.41 bits per heavy atom. The maximum atomic E-state index is 9.51. The number of nitriles is 1. The molecule has 0 radical (unpaired) electrons. The molecule has 0 unspecified atom stereocenters. The number of para-hydroxylation sites is 2. The number of hydrogen-bond donors (Lipinski definition) is 1. The Labute approximate surface area is 99.3 Å². The van der Waals surface area contributed by atoms with Crippen molar-refractivity contribution in [1.82, 2.24) is 0 Å². The van der Waals surface area contributed by atoms with Gasteiger partial charge in [0.1, 0.15) is 11.4 Å². The Hall–Kier alpha value is -2.60. The summed E-state index contributed by atoms with van der Waals surface area (Å²) in [6.45, 7) is 0. The molecular weight excluding hydrogens is 212 g/mol. The monoisotopic (exact) mass is 222 g/mol. The summed E-state index contributed by atoms with van der Waals surface area (Å²) in [6, 6.07) is 16.0. The lowest BCUT2D eigenvalue weighted by molar-refractivity contribution is 0.477. The fraction of sp³-hybridized carbons (Fsp3) is 0. The summed E-state index contributed by atoms with van der Waals surface area (Å²) in [7, 11) is 0. The quantitative estimate of drug-likeness (QED) is 0.794. The van der Waals surface area contributed by atoms with Crippen LogP contribution in [0.2, 0.25) is 0 Å². The van der Waals surface area contributed by atoms with Crippen LogP contribution in [-0.2, 0) is 0 Å². The summed E-state index contributed by atoms with van der Waals surface area (Å²) in [5, 5.41) is 18.2. The summed E-state index contributed by atoms with van der Waals surface area (Å²) >= 11 is 0. The van der Waals surface area contributed by atoms with Crippen molar-refractivity contribution in [3.63, 3.8) is 0 Å². The predicted octanol–water partition coefficient (Wildman–Crippen LogP) is 3.01. The molecule has 0 saturated carbocycles. The molecule has 1 N–H and O–H groups in total. The largest absolute Gasteiger partial charge is 0.506 e. The summed E-state index contributed by atoms with van der Waals surface area (Å²) < 4.78 is 0. The molecule has 0 fully saturated rings. The Morgan fingerprint density at radius 2 is 1.76 bits per heavy atom. The van der Waals surface area contributed by atoms with E-state index in [1.54, 1.807) is 36.5 Å². The second-order valence-corrected chi connectivity index (χ2v) is 3.48. The van der Waals surface area contributed by atoms with E-state index in [2.05, 4.69) is 11.1 Å². The van der Waals surface area contributed by atoms with Gasteiger partial charge in [-0.3, -0.25) is 4.99 Å². The van der Waals surface area contributed by atoms with Crippen molar-refractivity contribution in [2.75, 3.05) is 0 Å². The smallest absolute Gasteiger partial charge is 0.141 e. The maximum absolute atomic E-state index is 9.51. The minimum absolute atomic E-state index is 0.150. The second-order valence-electron chi connectivity index (χ2n) is 3.48. The zero-order chi connectivity index (χ0) is 12.1. The number of rotatable bonds is 2. The first-order valence-electron chi connectivity index (χ1n) is 5.12. The maximum Gasteiger partial charge on any atom is 0.141 e. The fourth-order valence-electron chi connectivity index (χ4n) is 1.36. The van der Waals surface area contributed by atoms with E-state index in [-0.39, 0.29) is 5.75 Å². The summed E-state index contributed by atoms with van der Waals surface area (Å²) in [4.78, 5) is 4.17. The molecule has 3 heteroatoms. The first-order valence-corrected chi connectivity index (χ1v) is 5.12. The molecule has 0 bridgehead atoms. The zero-order valence-corrected chi connectivity index (χ0v) is 9.04. The van der Waals surface area contributed by atoms with E-state index >= 15 is 0 Å². The molecule has 3 nitrogen and oxygen atoms in total. The number of benzene rings is 2. The molecule has 0 saturated heterocycles. The van der Waals surface area contributed by atoms with Gasteiger partial charge in [0.25, 0.3) is 0 Å². The standard InChI is InChI=1S/C14H10N2O/c15-9-11-5-7-12(8-6-11)10-16-13-3-1-2-4-14(13)17/h1-8,10,17H. The van der Waals surface area contributed by atoms with Crippen molar-refractivity contribution in [3.05, 3.63) is 59.7 Å². The lowest BCUT2D eigenvalue weighted by atomic mass is 10.2. The van der Waals surface area contributed by atoms with Gasteiger partial charge in [-0.2, -0.15) is 5.26 Å². The highest BCUT2D eigenvalue weighted by atomic mass is 16.3. The fourth-order valence-corrected chi connectivity index (χ4v) is 1.36. The number of aromatic hydroxyl groups is 1. The Kier molecular flexibility index (Phi) is 3.18. The third kappa shape index (κ3) is 2.70. The third-order valence-electron chi connectivity index (χ3n) is 2.27. The van der Waals surface area contributed by atoms with Crippen LogP contribution >= 0.6 is 0 Å². The van der Waals surface area contributed by atoms with Crippen molar-refractivity contribution in [1.29, 1.82) is 5.26 Å². The van der Waals surface area contributed by atoms with Gasteiger partial charge in [0, 0.05) is 6.21 Å². The molecule has 0 aliphatic rings.